The van der Waals surface area contributed by atoms with Gasteiger partial charge in [0.2, 0.25) is 11.8 Å². The number of ether oxygens (including phenoxy) is 1. The minimum atomic E-state index is -3.51. The van der Waals surface area contributed by atoms with Gasteiger partial charge in [0.25, 0.3) is 10.2 Å². The average molecular weight is 480 g/mol. The lowest BCUT2D eigenvalue weighted by Gasteiger charge is -2.27. The second kappa shape index (κ2) is 8.77. The van der Waals surface area contributed by atoms with Gasteiger partial charge in [-0.2, -0.15) is 17.0 Å². The molecule has 1 saturated heterocycles. The first-order valence-corrected chi connectivity index (χ1v) is 12.3. The van der Waals surface area contributed by atoms with Gasteiger partial charge in [-0.05, 0) is 12.1 Å². The summed E-state index contributed by atoms with van der Waals surface area (Å²) in [4.78, 5) is 32.2. The Morgan fingerprint density at radius 2 is 2.12 bits per heavy atom. The number of nitrogens with one attached hydrogen (secondary N) is 1. The highest BCUT2D eigenvalue weighted by Crippen LogP contribution is 2.32. The maximum atomic E-state index is 12.8. The third kappa shape index (κ3) is 4.35. The quantitative estimate of drug-likeness (QED) is 0.669. The summed E-state index contributed by atoms with van der Waals surface area (Å²) in [6.07, 6.45) is 0.600. The predicted molar refractivity (Wildman–Crippen MR) is 121 cm³/mol. The predicted octanol–water partition coefficient (Wildman–Crippen LogP) is 1.31. The number of amides is 2. The number of methoxy groups -OCH3 is 1. The van der Waals surface area contributed by atoms with E-state index >= 15 is 0 Å². The number of carbonyl (C=O) groups is 2. The average Bonchev–Trinajstić information content (AvgIpc) is 3.35. The van der Waals surface area contributed by atoms with E-state index in [-0.39, 0.29) is 31.3 Å². The number of fused-ring (bicyclic) bond motifs is 1. The van der Waals surface area contributed by atoms with Gasteiger partial charge in [0.1, 0.15) is 5.75 Å². The largest absolute Gasteiger partial charge is 0.497 e. The van der Waals surface area contributed by atoms with Crippen LogP contribution in [0.5, 0.6) is 5.75 Å². The SMILES string of the molecule is COc1cccc(N2CC(C(=O)Nc3nc4c(s3)CN(S(=O)(=O)N(C)C)CC4)CC2=O)c1. The van der Waals surface area contributed by atoms with Crippen molar-refractivity contribution >= 4 is 44.2 Å². The Morgan fingerprint density at radius 3 is 2.84 bits per heavy atom. The molecule has 172 valence electrons. The molecule has 1 aromatic carbocycles. The van der Waals surface area contributed by atoms with Crippen LogP contribution in [0.3, 0.4) is 0 Å². The number of rotatable bonds is 6. The van der Waals surface area contributed by atoms with E-state index in [9.17, 15) is 18.0 Å². The molecule has 2 aromatic rings. The molecule has 12 heteroatoms. The molecular formula is C20H25N5O5S2. The Kier molecular flexibility index (Phi) is 6.21. The summed E-state index contributed by atoms with van der Waals surface area (Å²) in [6.45, 7) is 0.851. The van der Waals surface area contributed by atoms with Crippen LogP contribution in [0.15, 0.2) is 24.3 Å². The minimum Gasteiger partial charge on any atom is -0.497 e. The molecule has 0 radical (unpaired) electrons. The van der Waals surface area contributed by atoms with Crippen molar-refractivity contribution in [3.63, 3.8) is 0 Å². The summed E-state index contributed by atoms with van der Waals surface area (Å²) < 4.78 is 32.6. The second-order valence-electron chi connectivity index (χ2n) is 7.86. The fourth-order valence-electron chi connectivity index (χ4n) is 3.77. The van der Waals surface area contributed by atoms with Crippen molar-refractivity contribution in [2.24, 2.45) is 5.92 Å². The zero-order valence-electron chi connectivity index (χ0n) is 18.1. The third-order valence-corrected chi connectivity index (χ3v) is 8.46. The van der Waals surface area contributed by atoms with E-state index in [1.165, 1.54) is 34.0 Å². The lowest BCUT2D eigenvalue weighted by Crippen LogP contribution is -2.42. The highest BCUT2D eigenvalue weighted by Gasteiger charge is 2.36. The summed E-state index contributed by atoms with van der Waals surface area (Å²) in [5.41, 5.74) is 1.49. The Balaban J connectivity index is 1.42. The fraction of sp³-hybridized carbons (Fsp3) is 0.450. The molecule has 2 aliphatic rings. The molecule has 10 nitrogen and oxygen atoms in total. The second-order valence-corrected chi connectivity index (χ2v) is 11.1. The standard InChI is InChI=1S/C20H25N5O5S2/c1-23(2)32(28,29)24-8-7-16-17(12-24)31-20(21-16)22-19(27)13-9-18(26)25(11-13)14-5-4-6-15(10-14)30-3/h4-6,10,13H,7-9,11-12H2,1-3H3,(H,21,22,27). The topological polar surface area (TPSA) is 112 Å². The molecule has 4 rings (SSSR count). The maximum absolute atomic E-state index is 12.8. The van der Waals surface area contributed by atoms with Crippen LogP contribution in [0.25, 0.3) is 0 Å². The van der Waals surface area contributed by atoms with Crippen molar-refractivity contribution in [3.05, 3.63) is 34.8 Å². The molecule has 2 aliphatic heterocycles. The minimum absolute atomic E-state index is 0.114. The first-order chi connectivity index (χ1) is 15.2. The van der Waals surface area contributed by atoms with Gasteiger partial charge in [0.05, 0.1) is 25.3 Å². The highest BCUT2D eigenvalue weighted by molar-refractivity contribution is 7.86. The van der Waals surface area contributed by atoms with Crippen molar-refractivity contribution in [1.29, 1.82) is 0 Å². The number of nitrogens with zero attached hydrogens (tertiary/aromatic N) is 4. The van der Waals surface area contributed by atoms with E-state index in [0.717, 1.165) is 10.6 Å². The first-order valence-electron chi connectivity index (χ1n) is 10.1. The lowest BCUT2D eigenvalue weighted by atomic mass is 10.1. The molecule has 2 amide bonds. The van der Waals surface area contributed by atoms with Crippen LogP contribution in [0.4, 0.5) is 10.8 Å². The fourth-order valence-corrected chi connectivity index (χ4v) is 5.96. The molecule has 1 atom stereocenters. The molecule has 0 saturated carbocycles. The van der Waals surface area contributed by atoms with Crippen molar-refractivity contribution in [2.45, 2.75) is 19.4 Å². The van der Waals surface area contributed by atoms with Gasteiger partial charge < -0.3 is 15.0 Å². The van der Waals surface area contributed by atoms with Gasteiger partial charge in [-0.15, -0.1) is 11.3 Å². The third-order valence-electron chi connectivity index (χ3n) is 5.57. The van der Waals surface area contributed by atoms with Crippen LogP contribution in [-0.4, -0.2) is 68.1 Å². The smallest absolute Gasteiger partial charge is 0.281 e. The monoisotopic (exact) mass is 479 g/mol. The van der Waals surface area contributed by atoms with E-state index < -0.39 is 16.1 Å². The van der Waals surface area contributed by atoms with Crippen LogP contribution < -0.4 is 15.0 Å². The Hall–Kier alpha value is -2.54. The summed E-state index contributed by atoms with van der Waals surface area (Å²) in [5, 5.41) is 3.25. The van der Waals surface area contributed by atoms with Crippen molar-refractivity contribution in [1.82, 2.24) is 13.6 Å². The Bertz CT molecular complexity index is 1150. The molecule has 0 spiro atoms. The van der Waals surface area contributed by atoms with Crippen LogP contribution in [0.2, 0.25) is 0 Å². The Morgan fingerprint density at radius 1 is 1.34 bits per heavy atom. The van der Waals surface area contributed by atoms with E-state index in [4.69, 9.17) is 4.74 Å². The molecule has 1 unspecified atom stereocenters. The molecule has 1 N–H and O–H groups in total. The van der Waals surface area contributed by atoms with Gasteiger partial charge in [0, 0.05) is 56.7 Å². The van der Waals surface area contributed by atoms with Crippen molar-refractivity contribution < 1.29 is 22.7 Å². The number of thiazole rings is 1. The van der Waals surface area contributed by atoms with Crippen LogP contribution in [-0.2, 0) is 32.8 Å². The van der Waals surface area contributed by atoms with E-state index in [2.05, 4.69) is 10.3 Å². The zero-order chi connectivity index (χ0) is 23.0. The molecule has 3 heterocycles. The highest BCUT2D eigenvalue weighted by atomic mass is 32.2. The molecule has 1 fully saturated rings. The number of benzene rings is 1. The number of aromatic nitrogens is 1. The normalized spacial score (nSPS) is 19.3. The van der Waals surface area contributed by atoms with Gasteiger partial charge in [-0.25, -0.2) is 4.98 Å². The van der Waals surface area contributed by atoms with Gasteiger partial charge in [-0.1, -0.05) is 6.07 Å². The van der Waals surface area contributed by atoms with Gasteiger partial charge in [0.15, 0.2) is 5.13 Å². The van der Waals surface area contributed by atoms with Crippen LogP contribution in [0.1, 0.15) is 17.0 Å². The number of carbonyl (C=O) groups excluding carboxylic acids is 2. The first kappa shape index (κ1) is 22.6. The molecule has 1 aromatic heterocycles. The molecule has 0 aliphatic carbocycles. The van der Waals surface area contributed by atoms with E-state index in [0.29, 0.717) is 29.5 Å². The van der Waals surface area contributed by atoms with Crippen molar-refractivity contribution in [2.75, 3.05) is 44.5 Å². The Labute approximate surface area is 191 Å². The molecule has 0 bridgehead atoms. The summed E-state index contributed by atoms with van der Waals surface area (Å²) in [7, 11) is 1.05. The van der Waals surface area contributed by atoms with Crippen molar-refractivity contribution in [3.8, 4) is 5.75 Å². The molecular weight excluding hydrogens is 454 g/mol. The number of hydrogen-bond donors (Lipinski definition) is 1. The van der Waals surface area contributed by atoms with E-state index in [1.54, 1.807) is 30.2 Å². The summed E-state index contributed by atoms with van der Waals surface area (Å²) >= 11 is 1.27. The summed E-state index contributed by atoms with van der Waals surface area (Å²) in [5.74, 6) is -0.254. The summed E-state index contributed by atoms with van der Waals surface area (Å²) in [6, 6.07) is 7.17. The number of hydrogen-bond acceptors (Lipinski definition) is 7. The number of anilines is 2. The van der Waals surface area contributed by atoms with Gasteiger partial charge >= 0.3 is 0 Å². The van der Waals surface area contributed by atoms with Crippen LogP contribution >= 0.6 is 11.3 Å². The van der Waals surface area contributed by atoms with E-state index in [1.807, 2.05) is 6.07 Å². The van der Waals surface area contributed by atoms with Crippen LogP contribution in [0, 0.1) is 5.92 Å². The van der Waals surface area contributed by atoms with Gasteiger partial charge in [-0.3, -0.25) is 9.59 Å². The zero-order valence-corrected chi connectivity index (χ0v) is 19.7. The lowest BCUT2D eigenvalue weighted by molar-refractivity contribution is -0.122. The maximum Gasteiger partial charge on any atom is 0.281 e. The molecule has 32 heavy (non-hydrogen) atoms.